The molecule has 1 N–H and O–H groups in total. The fraction of sp³-hybridized carbons (Fsp3) is 0.667. The van der Waals surface area contributed by atoms with Crippen molar-refractivity contribution in [2.75, 3.05) is 17.3 Å². The first-order chi connectivity index (χ1) is 8.19. The first-order valence-electron chi connectivity index (χ1n) is 5.99. The van der Waals surface area contributed by atoms with E-state index in [0.29, 0.717) is 17.1 Å². The van der Waals surface area contributed by atoms with Crippen LogP contribution in [0, 0.1) is 0 Å². The fourth-order valence-corrected chi connectivity index (χ4v) is 2.43. The highest BCUT2D eigenvalue weighted by Crippen LogP contribution is 2.38. The molecule has 3 nitrogen and oxygen atoms in total. The fourth-order valence-electron chi connectivity index (χ4n) is 1.65. The van der Waals surface area contributed by atoms with Crippen LogP contribution in [0.1, 0.15) is 37.9 Å². The molecule has 1 fully saturated rings. The number of halogens is 1. The van der Waals surface area contributed by atoms with E-state index in [1.54, 1.807) is 0 Å². The third-order valence-corrected chi connectivity index (χ3v) is 3.64. The number of anilines is 1. The molecule has 1 unspecified atom stereocenters. The van der Waals surface area contributed by atoms with Crippen molar-refractivity contribution in [3.8, 4) is 0 Å². The van der Waals surface area contributed by atoms with Crippen LogP contribution in [0.3, 0.4) is 0 Å². The Morgan fingerprint density at radius 3 is 2.94 bits per heavy atom. The Labute approximate surface area is 112 Å². The van der Waals surface area contributed by atoms with Gasteiger partial charge >= 0.3 is 0 Å². The smallest absolute Gasteiger partial charge is 0.135 e. The minimum Gasteiger partial charge on any atom is -0.367 e. The average Bonchev–Trinajstić information content (AvgIpc) is 3.09. The zero-order valence-corrected chi connectivity index (χ0v) is 11.8. The predicted molar refractivity (Wildman–Crippen MR) is 75.1 cm³/mol. The van der Waals surface area contributed by atoms with Gasteiger partial charge in [0.2, 0.25) is 0 Å². The number of aromatic nitrogens is 2. The van der Waals surface area contributed by atoms with Crippen molar-refractivity contribution in [1.82, 2.24) is 9.97 Å². The third kappa shape index (κ3) is 4.03. The van der Waals surface area contributed by atoms with Gasteiger partial charge in [0.25, 0.3) is 0 Å². The Bertz CT molecular complexity index is 382. The molecule has 1 aromatic rings. The second-order valence-corrected chi connectivity index (χ2v) is 5.91. The van der Waals surface area contributed by atoms with Crippen LogP contribution in [-0.2, 0) is 0 Å². The van der Waals surface area contributed by atoms with Crippen LogP contribution >= 0.6 is 23.4 Å². The molecule has 1 aliphatic rings. The number of hydrogen-bond donors (Lipinski definition) is 1. The summed E-state index contributed by atoms with van der Waals surface area (Å²) in [6, 6.07) is 2.23. The summed E-state index contributed by atoms with van der Waals surface area (Å²) in [6.07, 6.45) is 5.64. The normalized spacial score (nSPS) is 16.9. The standard InChI is InChI=1S/C12H18ClN3S/c1-8(5-6-17-2)14-11-7-10(13)15-12(16-11)9-3-4-9/h7-9H,3-6H2,1-2H3,(H,14,15,16). The topological polar surface area (TPSA) is 37.8 Å². The van der Waals surface area contributed by atoms with Crippen LogP contribution in [0.15, 0.2) is 6.07 Å². The van der Waals surface area contributed by atoms with Crippen LogP contribution in [0.25, 0.3) is 0 Å². The van der Waals surface area contributed by atoms with Crippen molar-refractivity contribution in [2.24, 2.45) is 0 Å². The quantitative estimate of drug-likeness (QED) is 0.803. The molecule has 1 atom stereocenters. The van der Waals surface area contributed by atoms with E-state index < -0.39 is 0 Å². The maximum absolute atomic E-state index is 6.01. The molecule has 2 rings (SSSR count). The molecule has 17 heavy (non-hydrogen) atoms. The van der Waals surface area contributed by atoms with Crippen LogP contribution in [-0.4, -0.2) is 28.0 Å². The Kier molecular flexibility index (Phi) is 4.51. The third-order valence-electron chi connectivity index (χ3n) is 2.80. The molecule has 0 spiro atoms. The van der Waals surface area contributed by atoms with E-state index in [-0.39, 0.29) is 0 Å². The minimum atomic E-state index is 0.417. The summed E-state index contributed by atoms with van der Waals surface area (Å²) < 4.78 is 0. The largest absolute Gasteiger partial charge is 0.367 e. The summed E-state index contributed by atoms with van der Waals surface area (Å²) in [5.41, 5.74) is 0. The van der Waals surface area contributed by atoms with E-state index in [1.165, 1.54) is 12.8 Å². The summed E-state index contributed by atoms with van der Waals surface area (Å²) in [6.45, 7) is 2.17. The van der Waals surface area contributed by atoms with Gasteiger partial charge in [0.1, 0.15) is 16.8 Å². The van der Waals surface area contributed by atoms with Crippen LogP contribution in [0.4, 0.5) is 5.82 Å². The number of nitrogens with one attached hydrogen (secondary N) is 1. The Morgan fingerprint density at radius 1 is 1.53 bits per heavy atom. The highest BCUT2D eigenvalue weighted by molar-refractivity contribution is 7.98. The summed E-state index contributed by atoms with van der Waals surface area (Å²) in [4.78, 5) is 8.81. The van der Waals surface area contributed by atoms with E-state index in [2.05, 4.69) is 28.5 Å². The van der Waals surface area contributed by atoms with Gasteiger partial charge in [-0.2, -0.15) is 11.8 Å². The van der Waals surface area contributed by atoms with Crippen molar-refractivity contribution in [2.45, 2.75) is 38.1 Å². The molecule has 0 aliphatic heterocycles. The number of rotatable bonds is 6. The van der Waals surface area contributed by atoms with Gasteiger partial charge in [0, 0.05) is 18.0 Å². The molecular weight excluding hydrogens is 254 g/mol. The van der Waals surface area contributed by atoms with Crippen molar-refractivity contribution in [3.63, 3.8) is 0 Å². The van der Waals surface area contributed by atoms with E-state index >= 15 is 0 Å². The first kappa shape index (κ1) is 13.0. The first-order valence-corrected chi connectivity index (χ1v) is 7.76. The molecule has 1 aliphatic carbocycles. The lowest BCUT2D eigenvalue weighted by molar-refractivity contribution is 0.762. The molecule has 1 heterocycles. The highest BCUT2D eigenvalue weighted by Gasteiger charge is 2.27. The minimum absolute atomic E-state index is 0.417. The van der Waals surface area contributed by atoms with Crippen LogP contribution < -0.4 is 5.32 Å². The highest BCUT2D eigenvalue weighted by atomic mass is 35.5. The van der Waals surface area contributed by atoms with Gasteiger partial charge in [-0.15, -0.1) is 0 Å². The van der Waals surface area contributed by atoms with Gasteiger partial charge in [-0.25, -0.2) is 9.97 Å². The van der Waals surface area contributed by atoms with Crippen molar-refractivity contribution in [1.29, 1.82) is 0 Å². The number of nitrogens with zero attached hydrogens (tertiary/aromatic N) is 2. The summed E-state index contributed by atoms with van der Waals surface area (Å²) in [5, 5.41) is 3.93. The lowest BCUT2D eigenvalue weighted by Crippen LogP contribution is -2.17. The molecule has 0 bridgehead atoms. The monoisotopic (exact) mass is 271 g/mol. The lowest BCUT2D eigenvalue weighted by atomic mass is 10.2. The zero-order chi connectivity index (χ0) is 12.3. The lowest BCUT2D eigenvalue weighted by Gasteiger charge is -2.14. The Morgan fingerprint density at radius 2 is 2.29 bits per heavy atom. The second-order valence-electron chi connectivity index (χ2n) is 4.54. The Balaban J connectivity index is 1.99. The predicted octanol–water partition coefficient (Wildman–Crippen LogP) is 3.56. The summed E-state index contributed by atoms with van der Waals surface area (Å²) >= 11 is 7.88. The second kappa shape index (κ2) is 5.91. The van der Waals surface area contributed by atoms with E-state index in [1.807, 2.05) is 17.8 Å². The molecule has 5 heteroatoms. The van der Waals surface area contributed by atoms with E-state index in [9.17, 15) is 0 Å². The molecule has 94 valence electrons. The van der Waals surface area contributed by atoms with Gasteiger partial charge in [-0.05, 0) is 38.2 Å². The maximum Gasteiger partial charge on any atom is 0.135 e. The summed E-state index contributed by atoms with van der Waals surface area (Å²) in [7, 11) is 0. The summed E-state index contributed by atoms with van der Waals surface area (Å²) in [5.74, 6) is 3.45. The maximum atomic E-state index is 6.01. The number of hydrogen-bond acceptors (Lipinski definition) is 4. The molecule has 0 amide bonds. The van der Waals surface area contributed by atoms with Gasteiger partial charge < -0.3 is 5.32 Å². The van der Waals surface area contributed by atoms with Crippen LogP contribution in [0.5, 0.6) is 0 Å². The van der Waals surface area contributed by atoms with Crippen molar-refractivity contribution >= 4 is 29.2 Å². The zero-order valence-electron chi connectivity index (χ0n) is 10.2. The molecule has 0 aromatic carbocycles. The van der Waals surface area contributed by atoms with Gasteiger partial charge in [0.05, 0.1) is 0 Å². The average molecular weight is 272 g/mol. The van der Waals surface area contributed by atoms with E-state index in [0.717, 1.165) is 23.8 Å². The molecule has 0 radical (unpaired) electrons. The molecular formula is C12H18ClN3S. The van der Waals surface area contributed by atoms with E-state index in [4.69, 9.17) is 11.6 Å². The SMILES string of the molecule is CSCCC(C)Nc1cc(Cl)nc(C2CC2)n1. The van der Waals surface area contributed by atoms with Gasteiger partial charge in [0.15, 0.2) is 0 Å². The van der Waals surface area contributed by atoms with Crippen LogP contribution in [0.2, 0.25) is 5.15 Å². The molecule has 0 saturated heterocycles. The Hall–Kier alpha value is -0.480. The van der Waals surface area contributed by atoms with Gasteiger partial charge in [-0.3, -0.25) is 0 Å². The van der Waals surface area contributed by atoms with Crippen molar-refractivity contribution < 1.29 is 0 Å². The van der Waals surface area contributed by atoms with Gasteiger partial charge in [-0.1, -0.05) is 11.6 Å². The molecule has 1 aromatic heterocycles. The molecule has 1 saturated carbocycles. The number of thioether (sulfide) groups is 1. The van der Waals surface area contributed by atoms with Crippen molar-refractivity contribution in [3.05, 3.63) is 17.0 Å².